The van der Waals surface area contributed by atoms with Gasteiger partial charge in [0.2, 0.25) is 0 Å². The van der Waals surface area contributed by atoms with Gasteiger partial charge in [-0.05, 0) is 30.2 Å². The number of halogens is 2. The Bertz CT molecular complexity index is 324. The average molecular weight is 261 g/mol. The van der Waals surface area contributed by atoms with Crippen LogP contribution in [0.2, 0.25) is 0 Å². The second kappa shape index (κ2) is 3.99. The summed E-state index contributed by atoms with van der Waals surface area (Å²) in [6.45, 7) is 5.48. The van der Waals surface area contributed by atoms with Crippen LogP contribution in [0.25, 0.3) is 0 Å². The summed E-state index contributed by atoms with van der Waals surface area (Å²) in [5.41, 5.74) is 0.995. The summed E-state index contributed by atoms with van der Waals surface area (Å²) < 4.78 is 14.1. The van der Waals surface area contributed by atoms with Crippen molar-refractivity contribution in [3.05, 3.63) is 33.5 Å². The van der Waals surface area contributed by atoms with E-state index < -0.39 is 5.41 Å². The molecule has 0 aromatic heterocycles. The Morgan fingerprint density at radius 1 is 1.43 bits per heavy atom. The Kier molecular flexibility index (Phi) is 3.32. The standard InChI is InChI=1S/C11H14BrFO/c1-7-9(12)4-8(5-10(7)13)11(2,3)6-14/h4-5,14H,6H2,1-3H3. The third-order valence-corrected chi connectivity index (χ3v) is 3.28. The van der Waals surface area contributed by atoms with Crippen molar-refractivity contribution in [2.45, 2.75) is 26.2 Å². The van der Waals surface area contributed by atoms with Crippen LogP contribution < -0.4 is 0 Å². The monoisotopic (exact) mass is 260 g/mol. The molecule has 0 radical (unpaired) electrons. The molecular weight excluding hydrogens is 247 g/mol. The van der Waals surface area contributed by atoms with Crippen molar-refractivity contribution in [1.82, 2.24) is 0 Å². The summed E-state index contributed by atoms with van der Waals surface area (Å²) in [7, 11) is 0. The molecule has 0 atom stereocenters. The maximum absolute atomic E-state index is 13.4. The van der Waals surface area contributed by atoms with Gasteiger partial charge in [0.1, 0.15) is 5.82 Å². The van der Waals surface area contributed by atoms with E-state index in [1.807, 2.05) is 19.9 Å². The molecule has 3 heteroatoms. The predicted octanol–water partition coefficient (Wildman–Crippen LogP) is 3.17. The second-order valence-corrected chi connectivity index (χ2v) is 4.96. The molecule has 0 fully saturated rings. The second-order valence-electron chi connectivity index (χ2n) is 4.11. The lowest BCUT2D eigenvalue weighted by molar-refractivity contribution is 0.218. The average Bonchev–Trinajstić information content (AvgIpc) is 2.13. The topological polar surface area (TPSA) is 20.2 Å². The molecule has 0 bridgehead atoms. The fourth-order valence-corrected chi connectivity index (χ4v) is 1.56. The minimum Gasteiger partial charge on any atom is -0.395 e. The zero-order valence-electron chi connectivity index (χ0n) is 8.56. The largest absolute Gasteiger partial charge is 0.395 e. The van der Waals surface area contributed by atoms with E-state index in [2.05, 4.69) is 15.9 Å². The van der Waals surface area contributed by atoms with Crippen LogP contribution in [-0.2, 0) is 5.41 Å². The van der Waals surface area contributed by atoms with Gasteiger partial charge in [-0.1, -0.05) is 29.8 Å². The van der Waals surface area contributed by atoms with E-state index in [0.29, 0.717) is 5.56 Å². The van der Waals surface area contributed by atoms with Crippen LogP contribution in [0.4, 0.5) is 4.39 Å². The summed E-state index contributed by atoms with van der Waals surface area (Å²) in [5, 5.41) is 9.16. The first-order chi connectivity index (χ1) is 6.38. The first kappa shape index (κ1) is 11.7. The lowest BCUT2D eigenvalue weighted by Gasteiger charge is -2.23. The van der Waals surface area contributed by atoms with E-state index in [-0.39, 0.29) is 12.4 Å². The number of aliphatic hydroxyl groups is 1. The molecule has 0 aliphatic carbocycles. The summed E-state index contributed by atoms with van der Waals surface area (Å²) >= 11 is 3.30. The number of benzene rings is 1. The van der Waals surface area contributed by atoms with Gasteiger partial charge in [0.25, 0.3) is 0 Å². The smallest absolute Gasteiger partial charge is 0.127 e. The highest BCUT2D eigenvalue weighted by atomic mass is 79.9. The van der Waals surface area contributed by atoms with E-state index in [0.717, 1.165) is 10.0 Å². The maximum atomic E-state index is 13.4. The molecule has 14 heavy (non-hydrogen) atoms. The molecule has 0 saturated heterocycles. The number of aliphatic hydroxyl groups excluding tert-OH is 1. The fraction of sp³-hybridized carbons (Fsp3) is 0.455. The van der Waals surface area contributed by atoms with Crippen LogP contribution in [-0.4, -0.2) is 11.7 Å². The van der Waals surface area contributed by atoms with Crippen LogP contribution in [0.15, 0.2) is 16.6 Å². The van der Waals surface area contributed by atoms with Crippen LogP contribution in [0.3, 0.4) is 0 Å². The zero-order valence-corrected chi connectivity index (χ0v) is 10.2. The molecule has 1 aromatic rings. The molecule has 1 N–H and O–H groups in total. The van der Waals surface area contributed by atoms with Crippen molar-refractivity contribution >= 4 is 15.9 Å². The van der Waals surface area contributed by atoms with E-state index in [4.69, 9.17) is 5.11 Å². The molecule has 1 rings (SSSR count). The molecule has 0 heterocycles. The summed E-state index contributed by atoms with van der Waals surface area (Å²) in [4.78, 5) is 0. The van der Waals surface area contributed by atoms with E-state index >= 15 is 0 Å². The van der Waals surface area contributed by atoms with Crippen LogP contribution in [0.5, 0.6) is 0 Å². The first-order valence-electron chi connectivity index (χ1n) is 4.45. The molecule has 0 aliphatic heterocycles. The highest BCUT2D eigenvalue weighted by Crippen LogP contribution is 2.29. The third kappa shape index (κ3) is 2.15. The summed E-state index contributed by atoms with van der Waals surface area (Å²) in [5.74, 6) is -0.240. The van der Waals surface area contributed by atoms with Crippen molar-refractivity contribution in [1.29, 1.82) is 0 Å². The van der Waals surface area contributed by atoms with Crippen molar-refractivity contribution in [3.63, 3.8) is 0 Å². The Morgan fingerprint density at radius 2 is 2.00 bits per heavy atom. The summed E-state index contributed by atoms with van der Waals surface area (Å²) in [6, 6.07) is 3.34. The van der Waals surface area contributed by atoms with Crippen molar-refractivity contribution in [2.75, 3.05) is 6.61 Å². The molecule has 0 unspecified atom stereocenters. The minimum atomic E-state index is -0.406. The highest BCUT2D eigenvalue weighted by Gasteiger charge is 2.21. The highest BCUT2D eigenvalue weighted by molar-refractivity contribution is 9.10. The van der Waals surface area contributed by atoms with Crippen LogP contribution in [0, 0.1) is 12.7 Å². The van der Waals surface area contributed by atoms with Gasteiger partial charge in [-0.25, -0.2) is 4.39 Å². The fourth-order valence-electron chi connectivity index (χ4n) is 1.13. The Hall–Kier alpha value is -0.410. The number of hydrogen-bond donors (Lipinski definition) is 1. The van der Waals surface area contributed by atoms with E-state index in [9.17, 15) is 4.39 Å². The van der Waals surface area contributed by atoms with Crippen LogP contribution in [0.1, 0.15) is 25.0 Å². The van der Waals surface area contributed by atoms with Gasteiger partial charge in [0.05, 0.1) is 6.61 Å². The van der Waals surface area contributed by atoms with Crippen molar-refractivity contribution in [2.24, 2.45) is 0 Å². The predicted molar refractivity (Wildman–Crippen MR) is 58.9 cm³/mol. The SMILES string of the molecule is Cc1c(F)cc(C(C)(C)CO)cc1Br. The van der Waals surface area contributed by atoms with Gasteiger partial charge in [-0.3, -0.25) is 0 Å². The minimum absolute atomic E-state index is 0.00193. The van der Waals surface area contributed by atoms with Gasteiger partial charge in [-0.15, -0.1) is 0 Å². The Morgan fingerprint density at radius 3 is 2.43 bits per heavy atom. The molecule has 0 spiro atoms. The first-order valence-corrected chi connectivity index (χ1v) is 5.25. The Labute approximate surface area is 92.1 Å². The van der Waals surface area contributed by atoms with E-state index in [1.165, 1.54) is 6.07 Å². The van der Waals surface area contributed by atoms with Gasteiger partial charge in [0, 0.05) is 9.89 Å². The normalized spacial score (nSPS) is 11.9. The third-order valence-electron chi connectivity index (χ3n) is 2.46. The zero-order chi connectivity index (χ0) is 10.9. The molecular formula is C11H14BrFO. The van der Waals surface area contributed by atoms with Gasteiger partial charge >= 0.3 is 0 Å². The van der Waals surface area contributed by atoms with Gasteiger partial charge in [-0.2, -0.15) is 0 Å². The lowest BCUT2D eigenvalue weighted by atomic mass is 9.85. The quantitative estimate of drug-likeness (QED) is 0.866. The van der Waals surface area contributed by atoms with Crippen molar-refractivity contribution in [3.8, 4) is 0 Å². The number of hydrogen-bond acceptors (Lipinski definition) is 1. The molecule has 78 valence electrons. The maximum Gasteiger partial charge on any atom is 0.127 e. The van der Waals surface area contributed by atoms with Gasteiger partial charge < -0.3 is 5.11 Å². The lowest BCUT2D eigenvalue weighted by Crippen LogP contribution is -2.22. The molecule has 0 amide bonds. The molecule has 0 aliphatic rings. The Balaban J connectivity index is 3.26. The molecule has 1 aromatic carbocycles. The summed E-state index contributed by atoms with van der Waals surface area (Å²) in [6.07, 6.45) is 0. The molecule has 0 saturated carbocycles. The number of rotatable bonds is 2. The van der Waals surface area contributed by atoms with Gasteiger partial charge in [0.15, 0.2) is 0 Å². The van der Waals surface area contributed by atoms with E-state index in [1.54, 1.807) is 6.92 Å². The van der Waals surface area contributed by atoms with Crippen LogP contribution >= 0.6 is 15.9 Å². The molecule has 1 nitrogen and oxygen atoms in total. The van der Waals surface area contributed by atoms with Crippen molar-refractivity contribution < 1.29 is 9.50 Å².